The lowest BCUT2D eigenvalue weighted by molar-refractivity contribution is -0.148. The van der Waals surface area contributed by atoms with Gasteiger partial charge in [-0.25, -0.2) is 4.79 Å². The van der Waals surface area contributed by atoms with Crippen molar-refractivity contribution in [1.29, 1.82) is 0 Å². The van der Waals surface area contributed by atoms with Crippen molar-refractivity contribution in [3.05, 3.63) is 0 Å². The van der Waals surface area contributed by atoms with Crippen LogP contribution in [0.25, 0.3) is 0 Å². The molecule has 1 fully saturated rings. The van der Waals surface area contributed by atoms with Crippen LogP contribution in [0.4, 0.5) is 0 Å². The Labute approximate surface area is 114 Å². The van der Waals surface area contributed by atoms with E-state index in [1.54, 1.807) is 14.0 Å². The van der Waals surface area contributed by atoms with E-state index in [0.717, 1.165) is 32.5 Å². The summed E-state index contributed by atoms with van der Waals surface area (Å²) in [7, 11) is 1.67. The number of likely N-dealkylation sites (tertiary alicyclic amines) is 1. The van der Waals surface area contributed by atoms with Gasteiger partial charge in [-0.15, -0.1) is 0 Å². The van der Waals surface area contributed by atoms with Crippen molar-refractivity contribution in [2.24, 2.45) is 5.92 Å². The first-order chi connectivity index (χ1) is 9.17. The fourth-order valence-electron chi connectivity index (χ4n) is 2.23. The number of esters is 1. The first-order valence-corrected chi connectivity index (χ1v) is 6.84. The number of amides is 1. The Balaban J connectivity index is 2.15. The van der Waals surface area contributed by atoms with Crippen LogP contribution in [0.15, 0.2) is 0 Å². The van der Waals surface area contributed by atoms with Crippen molar-refractivity contribution in [3.8, 4) is 0 Å². The van der Waals surface area contributed by atoms with E-state index in [4.69, 9.17) is 9.47 Å². The molecule has 1 amide bonds. The zero-order valence-electron chi connectivity index (χ0n) is 11.8. The summed E-state index contributed by atoms with van der Waals surface area (Å²) >= 11 is 0. The van der Waals surface area contributed by atoms with Crippen LogP contribution in [0, 0.1) is 5.92 Å². The van der Waals surface area contributed by atoms with Gasteiger partial charge in [0, 0.05) is 20.1 Å². The molecule has 0 aromatic carbocycles. The maximum atomic E-state index is 11.6. The van der Waals surface area contributed by atoms with Crippen LogP contribution >= 0.6 is 0 Å². The van der Waals surface area contributed by atoms with Crippen molar-refractivity contribution >= 4 is 11.9 Å². The third kappa shape index (κ3) is 6.02. The maximum Gasteiger partial charge on any atom is 0.332 e. The SMILES string of the molecule is CCOC(=O)COCCN1CCCC(C(=O)NC)C1. The molecule has 1 heterocycles. The molecular formula is C13H24N2O4. The van der Waals surface area contributed by atoms with Crippen molar-refractivity contribution < 1.29 is 19.1 Å². The summed E-state index contributed by atoms with van der Waals surface area (Å²) in [5, 5.41) is 2.69. The molecule has 0 saturated carbocycles. The summed E-state index contributed by atoms with van der Waals surface area (Å²) in [6, 6.07) is 0. The minimum atomic E-state index is -0.329. The number of nitrogens with one attached hydrogen (secondary N) is 1. The first-order valence-electron chi connectivity index (χ1n) is 6.84. The number of hydrogen-bond donors (Lipinski definition) is 1. The number of carbonyl (C=O) groups excluding carboxylic acids is 2. The fraction of sp³-hybridized carbons (Fsp3) is 0.846. The van der Waals surface area contributed by atoms with Gasteiger partial charge in [0.05, 0.1) is 19.1 Å². The topological polar surface area (TPSA) is 67.9 Å². The lowest BCUT2D eigenvalue weighted by Gasteiger charge is -2.31. The van der Waals surface area contributed by atoms with Gasteiger partial charge in [-0.05, 0) is 26.3 Å². The summed E-state index contributed by atoms with van der Waals surface area (Å²) in [6.45, 7) is 5.12. The second-order valence-corrected chi connectivity index (χ2v) is 4.61. The minimum absolute atomic E-state index is 0.000550. The normalized spacial score (nSPS) is 20.0. The van der Waals surface area contributed by atoms with Crippen LogP contribution in [0.5, 0.6) is 0 Å². The van der Waals surface area contributed by atoms with Gasteiger partial charge >= 0.3 is 5.97 Å². The summed E-state index contributed by atoms with van der Waals surface area (Å²) in [6.07, 6.45) is 1.97. The molecule has 6 heteroatoms. The van der Waals surface area contributed by atoms with Crippen molar-refractivity contribution in [2.45, 2.75) is 19.8 Å². The number of piperidine rings is 1. The molecule has 0 bridgehead atoms. The van der Waals surface area contributed by atoms with E-state index in [2.05, 4.69) is 10.2 Å². The summed E-state index contributed by atoms with van der Waals surface area (Å²) < 4.78 is 10.0. The van der Waals surface area contributed by atoms with Crippen LogP contribution in [-0.2, 0) is 19.1 Å². The summed E-state index contributed by atoms with van der Waals surface area (Å²) in [5.74, 6) is -0.148. The molecule has 1 unspecified atom stereocenters. The van der Waals surface area contributed by atoms with Crippen LogP contribution in [0.3, 0.4) is 0 Å². The van der Waals surface area contributed by atoms with Gasteiger partial charge in [0.25, 0.3) is 0 Å². The van der Waals surface area contributed by atoms with Crippen LogP contribution in [0.1, 0.15) is 19.8 Å². The number of carbonyl (C=O) groups is 2. The Hall–Kier alpha value is -1.14. The molecule has 6 nitrogen and oxygen atoms in total. The van der Waals surface area contributed by atoms with Crippen molar-refractivity contribution in [3.63, 3.8) is 0 Å². The lowest BCUT2D eigenvalue weighted by Crippen LogP contribution is -2.43. The van der Waals surface area contributed by atoms with E-state index in [1.807, 2.05) is 0 Å². The average Bonchev–Trinajstić information content (AvgIpc) is 2.43. The second-order valence-electron chi connectivity index (χ2n) is 4.61. The minimum Gasteiger partial charge on any atom is -0.464 e. The summed E-state index contributed by atoms with van der Waals surface area (Å²) in [5.41, 5.74) is 0. The van der Waals surface area contributed by atoms with Crippen LogP contribution in [-0.4, -0.2) is 63.3 Å². The van der Waals surface area contributed by atoms with Gasteiger partial charge in [0.2, 0.25) is 5.91 Å². The molecule has 1 aliphatic rings. The van der Waals surface area contributed by atoms with E-state index in [1.165, 1.54) is 0 Å². The average molecular weight is 272 g/mol. The van der Waals surface area contributed by atoms with Gasteiger partial charge < -0.3 is 19.7 Å². The first kappa shape index (κ1) is 15.9. The van der Waals surface area contributed by atoms with Crippen molar-refractivity contribution in [2.75, 3.05) is 46.5 Å². The largest absolute Gasteiger partial charge is 0.464 e. The Bertz CT molecular complexity index is 296. The number of ether oxygens (including phenoxy) is 2. The van der Waals surface area contributed by atoms with E-state index in [-0.39, 0.29) is 24.4 Å². The molecular weight excluding hydrogens is 248 g/mol. The van der Waals surface area contributed by atoms with E-state index in [0.29, 0.717) is 13.2 Å². The molecule has 1 rings (SSSR count). The fourth-order valence-corrected chi connectivity index (χ4v) is 2.23. The van der Waals surface area contributed by atoms with Gasteiger partial charge in [-0.1, -0.05) is 0 Å². The Kier molecular flexibility index (Phi) is 7.43. The Morgan fingerprint density at radius 3 is 2.89 bits per heavy atom. The predicted molar refractivity (Wildman–Crippen MR) is 70.7 cm³/mol. The van der Waals surface area contributed by atoms with E-state index >= 15 is 0 Å². The number of nitrogens with zero attached hydrogens (tertiary/aromatic N) is 1. The van der Waals surface area contributed by atoms with Gasteiger partial charge in [0.1, 0.15) is 6.61 Å². The molecule has 1 aliphatic heterocycles. The van der Waals surface area contributed by atoms with Crippen molar-refractivity contribution in [1.82, 2.24) is 10.2 Å². The monoisotopic (exact) mass is 272 g/mol. The molecule has 1 atom stereocenters. The molecule has 0 radical (unpaired) electrons. The molecule has 0 spiro atoms. The standard InChI is InChI=1S/C13H24N2O4/c1-3-19-12(16)10-18-8-7-15-6-4-5-11(9-15)13(17)14-2/h11H,3-10H2,1-2H3,(H,14,17). The predicted octanol–water partition coefficient (Wildman–Crippen LogP) is 0.0241. The summed E-state index contributed by atoms with van der Waals surface area (Å²) in [4.78, 5) is 24.8. The third-order valence-electron chi connectivity index (χ3n) is 3.20. The van der Waals surface area contributed by atoms with Crippen LogP contribution in [0.2, 0.25) is 0 Å². The maximum absolute atomic E-state index is 11.6. The lowest BCUT2D eigenvalue weighted by atomic mass is 9.97. The quantitative estimate of drug-likeness (QED) is 0.523. The molecule has 19 heavy (non-hydrogen) atoms. The highest BCUT2D eigenvalue weighted by atomic mass is 16.6. The molecule has 1 saturated heterocycles. The molecule has 0 aliphatic carbocycles. The third-order valence-corrected chi connectivity index (χ3v) is 3.20. The van der Waals surface area contributed by atoms with Gasteiger partial charge in [-0.2, -0.15) is 0 Å². The molecule has 1 N–H and O–H groups in total. The van der Waals surface area contributed by atoms with E-state index in [9.17, 15) is 9.59 Å². The Morgan fingerprint density at radius 2 is 2.21 bits per heavy atom. The highest BCUT2D eigenvalue weighted by Crippen LogP contribution is 2.16. The van der Waals surface area contributed by atoms with Gasteiger partial charge in [0.15, 0.2) is 0 Å². The zero-order valence-corrected chi connectivity index (χ0v) is 11.8. The smallest absolute Gasteiger partial charge is 0.332 e. The number of hydrogen-bond acceptors (Lipinski definition) is 5. The number of rotatable bonds is 7. The second kappa shape index (κ2) is 8.87. The van der Waals surface area contributed by atoms with Crippen LogP contribution < -0.4 is 5.32 Å². The van der Waals surface area contributed by atoms with E-state index < -0.39 is 0 Å². The molecule has 0 aromatic rings. The highest BCUT2D eigenvalue weighted by molar-refractivity contribution is 5.78. The van der Waals surface area contributed by atoms with Gasteiger partial charge in [-0.3, -0.25) is 4.79 Å². The molecule has 0 aromatic heterocycles. The Morgan fingerprint density at radius 1 is 1.42 bits per heavy atom. The molecule has 110 valence electrons. The zero-order chi connectivity index (χ0) is 14.1. The highest BCUT2D eigenvalue weighted by Gasteiger charge is 2.24.